The fourth-order valence-corrected chi connectivity index (χ4v) is 3.26. The number of carbonyl (C=O) groups is 1. The molecule has 6 nitrogen and oxygen atoms in total. The number of amides is 1. The van der Waals surface area contributed by atoms with E-state index in [1.54, 1.807) is 36.4 Å². The number of aryl methyl sites for hydroxylation is 1. The van der Waals surface area contributed by atoms with Crippen LogP contribution >= 0.6 is 0 Å². The molecular formula is C16H18N2O4S. The molecule has 0 heterocycles. The molecule has 2 rings (SSSR count). The van der Waals surface area contributed by atoms with Crippen molar-refractivity contribution < 1.29 is 17.9 Å². The monoisotopic (exact) mass is 334 g/mol. The molecule has 23 heavy (non-hydrogen) atoms. The van der Waals surface area contributed by atoms with Gasteiger partial charge in [-0.05, 0) is 50.2 Å². The lowest BCUT2D eigenvalue weighted by atomic mass is 10.2. The van der Waals surface area contributed by atoms with Gasteiger partial charge in [0.25, 0.3) is 10.0 Å². The summed E-state index contributed by atoms with van der Waals surface area (Å²) in [6, 6.07) is 12.8. The van der Waals surface area contributed by atoms with Crippen molar-refractivity contribution in [3.8, 4) is 5.75 Å². The van der Waals surface area contributed by atoms with E-state index in [1.807, 2.05) is 13.8 Å². The summed E-state index contributed by atoms with van der Waals surface area (Å²) in [6.07, 6.45) is 0.322. The first-order valence-corrected chi connectivity index (χ1v) is 8.47. The Morgan fingerprint density at radius 3 is 2.22 bits per heavy atom. The van der Waals surface area contributed by atoms with Crippen molar-refractivity contribution in [3.05, 3.63) is 54.1 Å². The molecule has 0 aliphatic rings. The molecule has 0 aliphatic carbocycles. The van der Waals surface area contributed by atoms with Crippen molar-refractivity contribution in [2.45, 2.75) is 18.7 Å². The first kappa shape index (κ1) is 16.8. The van der Waals surface area contributed by atoms with Gasteiger partial charge in [0.05, 0.1) is 17.2 Å². The van der Waals surface area contributed by atoms with Gasteiger partial charge < -0.3 is 4.74 Å². The van der Waals surface area contributed by atoms with E-state index >= 15 is 0 Å². The first-order valence-electron chi connectivity index (χ1n) is 7.03. The van der Waals surface area contributed by atoms with E-state index in [2.05, 4.69) is 5.43 Å². The topological polar surface area (TPSA) is 75.7 Å². The van der Waals surface area contributed by atoms with Crippen LogP contribution in [0.3, 0.4) is 0 Å². The van der Waals surface area contributed by atoms with Crippen LogP contribution in [0.1, 0.15) is 12.5 Å². The van der Waals surface area contributed by atoms with Gasteiger partial charge in [-0.25, -0.2) is 0 Å². The number of nitrogens with one attached hydrogen (secondary N) is 1. The van der Waals surface area contributed by atoms with E-state index in [4.69, 9.17) is 4.74 Å². The molecule has 0 radical (unpaired) electrons. The predicted molar refractivity (Wildman–Crippen MR) is 87.7 cm³/mol. The van der Waals surface area contributed by atoms with Gasteiger partial charge in [-0.15, -0.1) is 0 Å². The third-order valence-corrected chi connectivity index (χ3v) is 4.78. The third kappa shape index (κ3) is 3.81. The molecule has 0 saturated carbocycles. The summed E-state index contributed by atoms with van der Waals surface area (Å²) in [5.74, 6) is 0.620. The van der Waals surface area contributed by atoms with Crippen molar-refractivity contribution in [1.29, 1.82) is 0 Å². The number of hydrogen-bond donors (Lipinski definition) is 1. The molecule has 0 spiro atoms. The lowest BCUT2D eigenvalue weighted by Crippen LogP contribution is -2.42. The Balaban J connectivity index is 2.40. The Labute approximate surface area is 135 Å². The highest BCUT2D eigenvalue weighted by molar-refractivity contribution is 7.92. The van der Waals surface area contributed by atoms with Crippen LogP contribution in [0, 0.1) is 6.92 Å². The largest absolute Gasteiger partial charge is 0.494 e. The van der Waals surface area contributed by atoms with Crippen LogP contribution in [0.15, 0.2) is 53.4 Å². The number of rotatable bonds is 7. The maximum absolute atomic E-state index is 12.7. The van der Waals surface area contributed by atoms with Crippen molar-refractivity contribution in [2.24, 2.45) is 0 Å². The van der Waals surface area contributed by atoms with Crippen molar-refractivity contribution in [2.75, 3.05) is 11.0 Å². The Morgan fingerprint density at radius 1 is 1.09 bits per heavy atom. The van der Waals surface area contributed by atoms with E-state index in [1.165, 1.54) is 12.1 Å². The van der Waals surface area contributed by atoms with Crippen LogP contribution in [0.5, 0.6) is 5.75 Å². The molecule has 2 aromatic carbocycles. The molecule has 0 aliphatic heterocycles. The summed E-state index contributed by atoms with van der Waals surface area (Å²) in [5, 5.41) is 0. The molecule has 122 valence electrons. The summed E-state index contributed by atoms with van der Waals surface area (Å²) >= 11 is 0. The van der Waals surface area contributed by atoms with Crippen LogP contribution in [-0.4, -0.2) is 21.4 Å². The summed E-state index contributed by atoms with van der Waals surface area (Å²) in [4.78, 5) is 10.9. The highest BCUT2D eigenvalue weighted by Crippen LogP contribution is 2.24. The summed E-state index contributed by atoms with van der Waals surface area (Å²) < 4.78 is 31.6. The molecule has 2 aromatic rings. The predicted octanol–water partition coefficient (Wildman–Crippen LogP) is 2.25. The molecule has 0 saturated heterocycles. The lowest BCUT2D eigenvalue weighted by Gasteiger charge is -2.23. The fraction of sp³-hybridized carbons (Fsp3) is 0.188. The second kappa shape index (κ2) is 7.15. The Bertz CT molecular complexity index is 756. The van der Waals surface area contributed by atoms with E-state index in [9.17, 15) is 13.2 Å². The zero-order valence-electron chi connectivity index (χ0n) is 12.9. The average Bonchev–Trinajstić information content (AvgIpc) is 2.54. The van der Waals surface area contributed by atoms with Crippen LogP contribution in [0.25, 0.3) is 0 Å². The minimum atomic E-state index is -3.91. The summed E-state index contributed by atoms with van der Waals surface area (Å²) in [7, 11) is -3.91. The van der Waals surface area contributed by atoms with Crippen molar-refractivity contribution in [3.63, 3.8) is 0 Å². The summed E-state index contributed by atoms with van der Waals surface area (Å²) in [5.41, 5.74) is 3.48. The van der Waals surface area contributed by atoms with Gasteiger partial charge in [-0.3, -0.25) is 10.2 Å². The number of benzene rings is 2. The molecule has 1 amide bonds. The van der Waals surface area contributed by atoms with Crippen molar-refractivity contribution >= 4 is 22.1 Å². The van der Waals surface area contributed by atoms with Crippen LogP contribution in [0.4, 0.5) is 5.69 Å². The molecule has 0 aromatic heterocycles. The molecule has 1 N–H and O–H groups in total. The van der Waals surface area contributed by atoms with E-state index in [-0.39, 0.29) is 4.90 Å². The average molecular weight is 334 g/mol. The number of nitrogens with zero attached hydrogens (tertiary/aromatic N) is 1. The number of sulfonamides is 1. The van der Waals surface area contributed by atoms with Crippen LogP contribution in [-0.2, 0) is 14.8 Å². The smallest absolute Gasteiger partial charge is 0.281 e. The number of hydrogen-bond acceptors (Lipinski definition) is 4. The minimum absolute atomic E-state index is 0.0892. The van der Waals surface area contributed by atoms with E-state index < -0.39 is 10.0 Å². The number of hydrazine groups is 1. The molecule has 0 atom stereocenters. The van der Waals surface area contributed by atoms with Crippen molar-refractivity contribution in [1.82, 2.24) is 5.43 Å². The molecule has 0 bridgehead atoms. The molecule has 0 unspecified atom stereocenters. The fourth-order valence-electron chi connectivity index (χ4n) is 1.99. The Hall–Kier alpha value is -2.54. The first-order chi connectivity index (χ1) is 11.0. The summed E-state index contributed by atoms with van der Waals surface area (Å²) in [6.45, 7) is 4.23. The molecule has 7 heteroatoms. The van der Waals surface area contributed by atoms with Gasteiger partial charge in [-0.2, -0.15) is 12.8 Å². The van der Waals surface area contributed by atoms with Crippen LogP contribution in [0.2, 0.25) is 0 Å². The standard InChI is InChI=1S/C16H18N2O4S/c1-3-22-15-8-6-14(7-9-15)18(17-12-19)23(20,21)16-10-4-13(2)5-11-16/h4-12H,3H2,1-2H3,(H,17,19). The highest BCUT2D eigenvalue weighted by Gasteiger charge is 2.24. The maximum Gasteiger partial charge on any atom is 0.281 e. The van der Waals surface area contributed by atoms with Gasteiger partial charge in [0.2, 0.25) is 6.41 Å². The maximum atomic E-state index is 12.7. The Morgan fingerprint density at radius 2 is 1.70 bits per heavy atom. The van der Waals surface area contributed by atoms with Gasteiger partial charge >= 0.3 is 0 Å². The number of ether oxygens (including phenoxy) is 1. The highest BCUT2D eigenvalue weighted by atomic mass is 32.2. The second-order valence-corrected chi connectivity index (χ2v) is 6.54. The molecule has 0 fully saturated rings. The van der Waals surface area contributed by atoms with Crippen LogP contribution < -0.4 is 14.6 Å². The lowest BCUT2D eigenvalue weighted by molar-refractivity contribution is -0.109. The zero-order chi connectivity index (χ0) is 16.9. The van der Waals surface area contributed by atoms with Gasteiger partial charge in [0.1, 0.15) is 5.75 Å². The minimum Gasteiger partial charge on any atom is -0.494 e. The van der Waals surface area contributed by atoms with E-state index in [0.717, 1.165) is 9.98 Å². The molecular weight excluding hydrogens is 316 g/mol. The van der Waals surface area contributed by atoms with Gasteiger partial charge in [-0.1, -0.05) is 17.7 Å². The normalized spacial score (nSPS) is 10.9. The van der Waals surface area contributed by atoms with Gasteiger partial charge in [0, 0.05) is 0 Å². The second-order valence-electron chi connectivity index (χ2n) is 4.76. The Kier molecular flexibility index (Phi) is 5.23. The SMILES string of the molecule is CCOc1ccc(N(NC=O)S(=O)(=O)c2ccc(C)cc2)cc1. The third-order valence-electron chi connectivity index (χ3n) is 3.11. The zero-order valence-corrected chi connectivity index (χ0v) is 13.7. The van der Waals surface area contributed by atoms with Gasteiger partial charge in [0.15, 0.2) is 0 Å². The number of anilines is 1. The van der Waals surface area contributed by atoms with E-state index in [0.29, 0.717) is 24.5 Å². The quantitative estimate of drug-likeness (QED) is 0.622. The number of carbonyl (C=O) groups excluding carboxylic acids is 1.